The van der Waals surface area contributed by atoms with E-state index < -0.39 is 17.0 Å². The molecule has 11 heteroatoms. The molecule has 5 rings (SSSR count). The highest BCUT2D eigenvalue weighted by molar-refractivity contribution is 6.40. The highest BCUT2D eigenvalue weighted by Gasteiger charge is 2.40. The molecule has 1 fully saturated rings. The highest BCUT2D eigenvalue weighted by Crippen LogP contribution is 2.43. The van der Waals surface area contributed by atoms with E-state index in [0.29, 0.717) is 35.8 Å². The Bertz CT molecular complexity index is 1590. The molecule has 1 aliphatic rings. The number of carbonyl (C=O) groups excluding carboxylic acids is 2. The second kappa shape index (κ2) is 10.4. The van der Waals surface area contributed by atoms with Gasteiger partial charge in [-0.2, -0.15) is 10.1 Å². The van der Waals surface area contributed by atoms with Crippen LogP contribution in [-0.4, -0.2) is 72.0 Å². The zero-order chi connectivity index (χ0) is 27.7. The average Bonchev–Trinajstić information content (AvgIpc) is 3.58. The van der Waals surface area contributed by atoms with E-state index in [4.69, 9.17) is 26.6 Å². The summed E-state index contributed by atoms with van der Waals surface area (Å²) in [5, 5.41) is 11.0. The van der Waals surface area contributed by atoms with Gasteiger partial charge in [-0.15, -0.1) is 6.42 Å². The van der Waals surface area contributed by atoms with Crippen LogP contribution >= 0.6 is 0 Å². The van der Waals surface area contributed by atoms with Crippen LogP contribution in [0.2, 0.25) is 5.21 Å². The lowest BCUT2D eigenvalue weighted by Gasteiger charge is -2.43. The number of fused-ring (bicyclic) bond motifs is 1. The number of hydrogen-bond acceptors (Lipinski definition) is 6. The molecule has 0 bridgehead atoms. The van der Waals surface area contributed by atoms with Crippen LogP contribution in [0, 0.1) is 12.3 Å². The zero-order valence-corrected chi connectivity index (χ0v) is 21.8. The first-order chi connectivity index (χ1) is 18.7. The molecule has 1 atom stereocenters. The van der Waals surface area contributed by atoms with E-state index in [-0.39, 0.29) is 25.0 Å². The minimum atomic E-state index is -1.30. The van der Waals surface area contributed by atoms with Gasteiger partial charge in [0.05, 0.1) is 34.0 Å². The van der Waals surface area contributed by atoms with E-state index in [1.807, 2.05) is 29.1 Å². The van der Waals surface area contributed by atoms with E-state index in [1.165, 1.54) is 4.90 Å². The molecule has 1 saturated heterocycles. The number of piperidine rings is 1. The predicted octanol–water partition coefficient (Wildman–Crippen LogP) is 2.85. The Hall–Kier alpha value is -4.32. The Morgan fingerprint density at radius 2 is 2.08 bits per heavy atom. The third kappa shape index (κ3) is 5.32. The maximum absolute atomic E-state index is 12.8. The molecular weight excluding hydrogens is 490 g/mol. The monoisotopic (exact) mass is 516 g/mol. The quantitative estimate of drug-likeness (QED) is 0.312. The summed E-state index contributed by atoms with van der Waals surface area (Å²) in [5.74, 6) is 2.09. The van der Waals surface area contributed by atoms with Crippen molar-refractivity contribution in [2.75, 3.05) is 19.6 Å². The van der Waals surface area contributed by atoms with Gasteiger partial charge in [-0.05, 0) is 44.5 Å². The van der Waals surface area contributed by atoms with Crippen molar-refractivity contribution in [2.45, 2.75) is 37.4 Å². The number of aromatic nitrogens is 4. The Morgan fingerprint density at radius 3 is 2.82 bits per heavy atom. The normalized spacial score (nSPS) is 16.8. The Kier molecular flexibility index (Phi) is 7.04. The second-order valence-electron chi connectivity index (χ2n) is 10.1. The fourth-order valence-electron chi connectivity index (χ4n) is 4.84. The van der Waals surface area contributed by atoms with Gasteiger partial charge < -0.3 is 14.7 Å². The molecule has 1 unspecified atom stereocenters. The summed E-state index contributed by atoms with van der Waals surface area (Å²) in [4.78, 5) is 31.4. The van der Waals surface area contributed by atoms with Gasteiger partial charge in [0.15, 0.2) is 0 Å². The van der Waals surface area contributed by atoms with Gasteiger partial charge in [-0.3, -0.25) is 14.3 Å². The molecule has 9 nitrogen and oxygen atoms in total. The predicted molar refractivity (Wildman–Crippen MR) is 148 cm³/mol. The number of rotatable bonds is 6. The van der Waals surface area contributed by atoms with Crippen LogP contribution in [0.3, 0.4) is 0 Å². The van der Waals surface area contributed by atoms with Crippen LogP contribution in [0.4, 0.5) is 0 Å². The number of benzene rings is 2. The highest BCUT2D eigenvalue weighted by atomic mass is 16.5. The molecule has 0 aliphatic carbocycles. The van der Waals surface area contributed by atoms with Gasteiger partial charge in [-0.1, -0.05) is 34.5 Å². The minimum absolute atomic E-state index is 0.0657. The minimum Gasteiger partial charge on any atom is -0.343 e. The number of nitrogens with one attached hydrogen (secondary N) is 1. The van der Waals surface area contributed by atoms with Gasteiger partial charge in [-0.25, -0.2) is 0 Å². The summed E-state index contributed by atoms with van der Waals surface area (Å²) in [6.45, 7) is 4.38. The summed E-state index contributed by atoms with van der Waals surface area (Å²) in [6, 6.07) is 12.7. The molecule has 0 spiro atoms. The standard InChI is InChI=1S/C28H26B2N6O3/c1-4-18-6-5-7-20(12-18)26(38)31-15-24(37)35-11-10-22(28(29,30)16-35)27-33-25(34-39-27)19-8-9-21-14-32-36(17(2)3)23(21)13-19/h1,5-9,12-14,17,22H,10-11,15-16H2,2-3H3,(H,31,38). The summed E-state index contributed by atoms with van der Waals surface area (Å²) < 4.78 is 7.53. The molecule has 2 amide bonds. The number of hydrogen-bond donors (Lipinski definition) is 1. The van der Waals surface area contributed by atoms with Gasteiger partial charge in [0, 0.05) is 47.1 Å². The molecule has 1 aliphatic heterocycles. The Balaban J connectivity index is 1.24. The fraction of sp³-hybridized carbons (Fsp3) is 0.321. The van der Waals surface area contributed by atoms with Gasteiger partial charge in [0.1, 0.15) is 0 Å². The van der Waals surface area contributed by atoms with Gasteiger partial charge in [0.25, 0.3) is 5.91 Å². The number of terminal acetylenes is 1. The summed E-state index contributed by atoms with van der Waals surface area (Å²) in [6.07, 6.45) is 7.65. The lowest BCUT2D eigenvalue weighted by molar-refractivity contribution is -0.131. The Labute approximate surface area is 229 Å². The number of likely N-dealkylation sites (tertiary alicyclic amines) is 1. The molecule has 39 heavy (non-hydrogen) atoms. The lowest BCUT2D eigenvalue weighted by Crippen LogP contribution is -2.49. The molecule has 4 aromatic rings. The third-order valence-electron chi connectivity index (χ3n) is 6.93. The number of amides is 2. The zero-order valence-electron chi connectivity index (χ0n) is 21.8. The molecule has 2 aromatic carbocycles. The molecule has 2 aromatic heterocycles. The van der Waals surface area contributed by atoms with E-state index in [1.54, 1.807) is 24.3 Å². The van der Waals surface area contributed by atoms with Crippen LogP contribution in [0.1, 0.15) is 54.0 Å². The first kappa shape index (κ1) is 26.3. The maximum atomic E-state index is 12.8. The van der Waals surface area contributed by atoms with Crippen LogP contribution in [0.5, 0.6) is 0 Å². The third-order valence-corrected chi connectivity index (χ3v) is 6.93. The topological polar surface area (TPSA) is 106 Å². The first-order valence-corrected chi connectivity index (χ1v) is 12.7. The molecule has 1 N–H and O–H groups in total. The van der Waals surface area contributed by atoms with Crippen molar-refractivity contribution in [3.8, 4) is 23.7 Å². The molecule has 4 radical (unpaired) electrons. The number of carbonyl (C=O) groups is 2. The van der Waals surface area contributed by atoms with Crippen LogP contribution in [0.15, 0.2) is 53.2 Å². The van der Waals surface area contributed by atoms with Crippen molar-refractivity contribution in [1.82, 2.24) is 30.1 Å². The van der Waals surface area contributed by atoms with E-state index >= 15 is 0 Å². The number of nitrogens with zero attached hydrogens (tertiary/aromatic N) is 5. The average molecular weight is 516 g/mol. The SMILES string of the molecule is [B]C1([B])CN(C(=O)CNC(=O)c2cccc(C#C)c2)CCC1c1nc(-c2ccc3cnn(C(C)C)c3c2)no1. The van der Waals surface area contributed by atoms with E-state index in [0.717, 1.165) is 16.5 Å². The van der Waals surface area contributed by atoms with Crippen molar-refractivity contribution in [3.05, 3.63) is 65.7 Å². The molecule has 3 heterocycles. The van der Waals surface area contributed by atoms with Crippen molar-refractivity contribution in [2.24, 2.45) is 0 Å². The van der Waals surface area contributed by atoms with Crippen LogP contribution in [-0.2, 0) is 4.79 Å². The van der Waals surface area contributed by atoms with Crippen molar-refractivity contribution in [1.29, 1.82) is 0 Å². The van der Waals surface area contributed by atoms with Gasteiger partial charge in [0.2, 0.25) is 17.6 Å². The first-order valence-electron chi connectivity index (χ1n) is 12.7. The molecule has 192 valence electrons. The van der Waals surface area contributed by atoms with Crippen LogP contribution in [0.25, 0.3) is 22.3 Å². The fourth-order valence-corrected chi connectivity index (χ4v) is 4.84. The maximum Gasteiger partial charge on any atom is 0.251 e. The molecule has 0 saturated carbocycles. The van der Waals surface area contributed by atoms with Crippen molar-refractivity contribution >= 4 is 38.4 Å². The van der Waals surface area contributed by atoms with E-state index in [9.17, 15) is 9.59 Å². The lowest BCUT2D eigenvalue weighted by atomic mass is 9.46. The van der Waals surface area contributed by atoms with Crippen molar-refractivity contribution in [3.63, 3.8) is 0 Å². The van der Waals surface area contributed by atoms with Crippen LogP contribution < -0.4 is 5.32 Å². The summed E-state index contributed by atoms with van der Waals surface area (Å²) in [7, 11) is 12.9. The molecular formula is C28H26B2N6O3. The summed E-state index contributed by atoms with van der Waals surface area (Å²) in [5.41, 5.74) is 2.72. The Morgan fingerprint density at radius 1 is 1.26 bits per heavy atom. The van der Waals surface area contributed by atoms with Crippen molar-refractivity contribution < 1.29 is 14.1 Å². The van der Waals surface area contributed by atoms with Gasteiger partial charge >= 0.3 is 0 Å². The van der Waals surface area contributed by atoms with E-state index in [2.05, 4.69) is 40.3 Å². The largest absolute Gasteiger partial charge is 0.343 e. The smallest absolute Gasteiger partial charge is 0.251 e. The second-order valence-corrected chi connectivity index (χ2v) is 10.1. The summed E-state index contributed by atoms with van der Waals surface area (Å²) >= 11 is 0.